The van der Waals surface area contributed by atoms with E-state index in [1.165, 1.54) is 16.9 Å². The zero-order valence-electron chi connectivity index (χ0n) is 6.48. The molecule has 0 saturated heterocycles. The molecule has 66 valence electrons. The molecule has 0 spiro atoms. The standard InChI is InChI=1S/C8H5F2N3/c9-7-2-1-6(5-8(7)10)13-4-3-11-12-13/h1-5H. The van der Waals surface area contributed by atoms with E-state index in [1.54, 1.807) is 6.20 Å². The van der Waals surface area contributed by atoms with Crippen LogP contribution in [0.3, 0.4) is 0 Å². The molecule has 0 aliphatic heterocycles. The molecule has 1 aromatic heterocycles. The van der Waals surface area contributed by atoms with Gasteiger partial charge < -0.3 is 0 Å². The first kappa shape index (κ1) is 7.85. The molecule has 1 aromatic carbocycles. The van der Waals surface area contributed by atoms with Crippen LogP contribution in [0.25, 0.3) is 5.69 Å². The summed E-state index contributed by atoms with van der Waals surface area (Å²) in [4.78, 5) is 0. The summed E-state index contributed by atoms with van der Waals surface area (Å²) in [5.74, 6) is -1.77. The van der Waals surface area contributed by atoms with Crippen molar-refractivity contribution in [2.45, 2.75) is 0 Å². The lowest BCUT2D eigenvalue weighted by Crippen LogP contribution is -1.96. The Morgan fingerprint density at radius 3 is 2.62 bits per heavy atom. The van der Waals surface area contributed by atoms with Crippen molar-refractivity contribution in [1.82, 2.24) is 15.0 Å². The minimum absolute atomic E-state index is 0.441. The van der Waals surface area contributed by atoms with Crippen LogP contribution in [0.5, 0.6) is 0 Å². The van der Waals surface area contributed by atoms with E-state index in [9.17, 15) is 8.78 Å². The molecular formula is C8H5F2N3. The molecule has 0 amide bonds. The summed E-state index contributed by atoms with van der Waals surface area (Å²) in [5.41, 5.74) is 0.441. The van der Waals surface area contributed by atoms with Gasteiger partial charge in [-0.1, -0.05) is 5.21 Å². The second kappa shape index (κ2) is 2.93. The summed E-state index contributed by atoms with van der Waals surface area (Å²) in [6, 6.07) is 3.53. The first-order valence-corrected chi connectivity index (χ1v) is 3.59. The molecule has 13 heavy (non-hydrogen) atoms. The monoisotopic (exact) mass is 181 g/mol. The van der Waals surface area contributed by atoms with Gasteiger partial charge in [-0.05, 0) is 12.1 Å². The molecule has 2 rings (SSSR count). The molecule has 0 N–H and O–H groups in total. The Morgan fingerprint density at radius 1 is 1.15 bits per heavy atom. The van der Waals surface area contributed by atoms with E-state index in [4.69, 9.17) is 0 Å². The zero-order chi connectivity index (χ0) is 9.26. The third-order valence-electron chi connectivity index (χ3n) is 1.59. The van der Waals surface area contributed by atoms with Crippen LogP contribution in [0.15, 0.2) is 30.6 Å². The van der Waals surface area contributed by atoms with E-state index in [0.29, 0.717) is 5.69 Å². The first-order valence-electron chi connectivity index (χ1n) is 3.59. The molecule has 0 bridgehead atoms. The van der Waals surface area contributed by atoms with Crippen LogP contribution in [-0.4, -0.2) is 15.0 Å². The van der Waals surface area contributed by atoms with Gasteiger partial charge in [-0.2, -0.15) is 0 Å². The third-order valence-corrected chi connectivity index (χ3v) is 1.59. The van der Waals surface area contributed by atoms with Gasteiger partial charge in [0.05, 0.1) is 18.1 Å². The first-order chi connectivity index (χ1) is 6.27. The van der Waals surface area contributed by atoms with Crippen molar-refractivity contribution in [3.63, 3.8) is 0 Å². The highest BCUT2D eigenvalue weighted by molar-refractivity contribution is 5.30. The number of aromatic nitrogens is 3. The Hall–Kier alpha value is -1.78. The average molecular weight is 181 g/mol. The Kier molecular flexibility index (Phi) is 1.77. The number of hydrogen-bond acceptors (Lipinski definition) is 2. The molecule has 5 heteroatoms. The number of rotatable bonds is 1. The molecule has 0 aliphatic rings. The summed E-state index contributed by atoms with van der Waals surface area (Å²) in [5, 5.41) is 7.18. The van der Waals surface area contributed by atoms with Crippen molar-refractivity contribution in [2.75, 3.05) is 0 Å². The molecule has 0 atom stereocenters. The van der Waals surface area contributed by atoms with Gasteiger partial charge in [0, 0.05) is 6.07 Å². The van der Waals surface area contributed by atoms with E-state index in [0.717, 1.165) is 12.1 Å². The Morgan fingerprint density at radius 2 is 2.00 bits per heavy atom. The molecule has 0 aliphatic carbocycles. The van der Waals surface area contributed by atoms with Crippen molar-refractivity contribution >= 4 is 0 Å². The highest BCUT2D eigenvalue weighted by Gasteiger charge is 2.03. The molecule has 1 heterocycles. The maximum Gasteiger partial charge on any atom is 0.160 e. The van der Waals surface area contributed by atoms with Crippen LogP contribution in [0, 0.1) is 11.6 Å². The minimum Gasteiger partial charge on any atom is -0.221 e. The van der Waals surface area contributed by atoms with Gasteiger partial charge >= 0.3 is 0 Å². The van der Waals surface area contributed by atoms with E-state index >= 15 is 0 Å². The molecule has 0 radical (unpaired) electrons. The fourth-order valence-electron chi connectivity index (χ4n) is 0.973. The summed E-state index contributed by atoms with van der Waals surface area (Å²) in [6.45, 7) is 0. The molecule has 3 nitrogen and oxygen atoms in total. The van der Waals surface area contributed by atoms with Gasteiger partial charge in [0.15, 0.2) is 11.6 Å². The summed E-state index contributed by atoms with van der Waals surface area (Å²) in [6.07, 6.45) is 3.01. The lowest BCUT2D eigenvalue weighted by atomic mass is 10.3. The highest BCUT2D eigenvalue weighted by atomic mass is 19.2. The van der Waals surface area contributed by atoms with Crippen molar-refractivity contribution < 1.29 is 8.78 Å². The lowest BCUT2D eigenvalue weighted by molar-refractivity contribution is 0.507. The zero-order valence-corrected chi connectivity index (χ0v) is 6.48. The van der Waals surface area contributed by atoms with Crippen LogP contribution < -0.4 is 0 Å². The van der Waals surface area contributed by atoms with Crippen LogP contribution >= 0.6 is 0 Å². The fraction of sp³-hybridized carbons (Fsp3) is 0. The Bertz CT molecular complexity index is 411. The maximum absolute atomic E-state index is 12.7. The highest BCUT2D eigenvalue weighted by Crippen LogP contribution is 2.11. The SMILES string of the molecule is Fc1ccc(-n2ccnn2)cc1F. The van der Waals surface area contributed by atoms with Gasteiger partial charge in [-0.3, -0.25) is 0 Å². The largest absolute Gasteiger partial charge is 0.221 e. The number of nitrogens with zero attached hydrogens (tertiary/aromatic N) is 3. The van der Waals surface area contributed by atoms with Gasteiger partial charge in [-0.15, -0.1) is 5.10 Å². The third kappa shape index (κ3) is 1.40. The summed E-state index contributed by atoms with van der Waals surface area (Å²) < 4.78 is 26.6. The van der Waals surface area contributed by atoms with E-state index in [-0.39, 0.29) is 0 Å². The van der Waals surface area contributed by atoms with Gasteiger partial charge in [-0.25, -0.2) is 13.5 Å². The molecule has 0 fully saturated rings. The number of halogens is 2. The quantitative estimate of drug-likeness (QED) is 0.668. The number of benzene rings is 1. The van der Waals surface area contributed by atoms with Crippen LogP contribution in [-0.2, 0) is 0 Å². The van der Waals surface area contributed by atoms with Gasteiger partial charge in [0.1, 0.15) is 0 Å². The van der Waals surface area contributed by atoms with Crippen LogP contribution in [0.4, 0.5) is 8.78 Å². The van der Waals surface area contributed by atoms with Crippen molar-refractivity contribution in [1.29, 1.82) is 0 Å². The smallest absolute Gasteiger partial charge is 0.160 e. The van der Waals surface area contributed by atoms with Crippen molar-refractivity contribution in [2.24, 2.45) is 0 Å². The minimum atomic E-state index is -0.895. The fourth-order valence-corrected chi connectivity index (χ4v) is 0.973. The Balaban J connectivity index is 2.49. The van der Waals surface area contributed by atoms with E-state index in [1.807, 2.05) is 0 Å². The molecule has 0 unspecified atom stereocenters. The molecule has 2 aromatic rings. The predicted molar refractivity (Wildman–Crippen MR) is 41.3 cm³/mol. The van der Waals surface area contributed by atoms with Gasteiger partial charge in [0.25, 0.3) is 0 Å². The lowest BCUT2D eigenvalue weighted by Gasteiger charge is -1.99. The maximum atomic E-state index is 12.7. The van der Waals surface area contributed by atoms with E-state index < -0.39 is 11.6 Å². The predicted octanol–water partition coefficient (Wildman–Crippen LogP) is 1.55. The molecule has 0 saturated carbocycles. The number of hydrogen-bond donors (Lipinski definition) is 0. The second-order valence-electron chi connectivity index (χ2n) is 2.45. The topological polar surface area (TPSA) is 30.7 Å². The summed E-state index contributed by atoms with van der Waals surface area (Å²) >= 11 is 0. The van der Waals surface area contributed by atoms with E-state index in [2.05, 4.69) is 10.3 Å². The Labute approximate surface area is 72.6 Å². The second-order valence-corrected chi connectivity index (χ2v) is 2.45. The van der Waals surface area contributed by atoms with Crippen LogP contribution in [0.2, 0.25) is 0 Å². The van der Waals surface area contributed by atoms with Crippen molar-refractivity contribution in [3.05, 3.63) is 42.2 Å². The summed E-state index contributed by atoms with van der Waals surface area (Å²) in [7, 11) is 0. The van der Waals surface area contributed by atoms with Gasteiger partial charge in [0.2, 0.25) is 0 Å². The molecular weight excluding hydrogens is 176 g/mol. The normalized spacial score (nSPS) is 10.3. The van der Waals surface area contributed by atoms with Crippen molar-refractivity contribution in [3.8, 4) is 5.69 Å². The average Bonchev–Trinajstić information content (AvgIpc) is 2.62. The van der Waals surface area contributed by atoms with Crippen LogP contribution in [0.1, 0.15) is 0 Å².